The number of phenols is 1. The molecule has 1 unspecified atom stereocenters. The Morgan fingerprint density at radius 2 is 2.00 bits per heavy atom. The largest absolute Gasteiger partial charge is 0.507 e. The van der Waals surface area contributed by atoms with Crippen molar-refractivity contribution in [2.45, 2.75) is 20.0 Å². The maximum Gasteiger partial charge on any atom is 0.261 e. The normalized spacial score (nSPS) is 12.7. The number of hydrogen-bond donors (Lipinski definition) is 1. The van der Waals surface area contributed by atoms with Gasteiger partial charge in [-0.1, -0.05) is 19.0 Å². The first kappa shape index (κ1) is 14.3. The van der Waals surface area contributed by atoms with Crippen molar-refractivity contribution in [1.29, 1.82) is 0 Å². The molecule has 2 rings (SSSR count). The van der Waals surface area contributed by atoms with E-state index in [2.05, 4.69) is 10.1 Å². The van der Waals surface area contributed by atoms with Crippen LogP contribution in [0.1, 0.15) is 25.8 Å². The van der Waals surface area contributed by atoms with Gasteiger partial charge in [0.1, 0.15) is 17.6 Å². The third kappa shape index (κ3) is 2.75. The van der Waals surface area contributed by atoms with Crippen molar-refractivity contribution in [3.63, 3.8) is 0 Å². The van der Waals surface area contributed by atoms with Gasteiger partial charge in [-0.3, -0.25) is 0 Å². The second kappa shape index (κ2) is 5.92. The average Bonchev–Trinajstić information content (AvgIpc) is 2.89. The summed E-state index contributed by atoms with van der Waals surface area (Å²) in [7, 11) is 3.15. The number of aromatic hydroxyl groups is 1. The minimum absolute atomic E-state index is 0.0551. The second-order valence-corrected chi connectivity index (χ2v) is 4.74. The van der Waals surface area contributed by atoms with E-state index in [1.807, 2.05) is 13.8 Å². The van der Waals surface area contributed by atoms with Crippen LogP contribution in [0.3, 0.4) is 0 Å². The van der Waals surface area contributed by atoms with Gasteiger partial charge in [0.05, 0.1) is 12.7 Å². The zero-order chi connectivity index (χ0) is 14.7. The molecule has 0 fully saturated rings. The number of ether oxygens (including phenoxy) is 2. The monoisotopic (exact) mass is 278 g/mol. The maximum absolute atomic E-state index is 9.88. The minimum Gasteiger partial charge on any atom is -0.507 e. The van der Waals surface area contributed by atoms with Crippen molar-refractivity contribution in [3.8, 4) is 23.0 Å². The lowest BCUT2D eigenvalue weighted by molar-refractivity contribution is 0.0556. The molecular weight excluding hydrogens is 260 g/mol. The molecule has 0 radical (unpaired) electrons. The predicted octanol–water partition coefficient (Wildman–Crippen LogP) is 2.79. The van der Waals surface area contributed by atoms with Crippen molar-refractivity contribution in [1.82, 2.24) is 10.1 Å². The van der Waals surface area contributed by atoms with E-state index in [-0.39, 0.29) is 23.7 Å². The van der Waals surface area contributed by atoms with Crippen LogP contribution in [0, 0.1) is 5.92 Å². The van der Waals surface area contributed by atoms with E-state index in [4.69, 9.17) is 14.0 Å². The van der Waals surface area contributed by atoms with Crippen molar-refractivity contribution in [2.75, 3.05) is 14.2 Å². The van der Waals surface area contributed by atoms with Crippen molar-refractivity contribution < 1.29 is 19.1 Å². The summed E-state index contributed by atoms with van der Waals surface area (Å²) < 4.78 is 15.7. The highest BCUT2D eigenvalue weighted by atomic mass is 16.5. The first-order valence-electron chi connectivity index (χ1n) is 6.30. The predicted molar refractivity (Wildman–Crippen MR) is 72.5 cm³/mol. The Bertz CT molecular complexity index is 580. The van der Waals surface area contributed by atoms with Gasteiger partial charge >= 0.3 is 0 Å². The summed E-state index contributed by atoms with van der Waals surface area (Å²) in [6.45, 7) is 4.01. The fraction of sp³-hybridized carbons (Fsp3) is 0.429. The van der Waals surface area contributed by atoms with Crippen molar-refractivity contribution in [2.24, 2.45) is 5.92 Å². The van der Waals surface area contributed by atoms with Gasteiger partial charge in [0.15, 0.2) is 0 Å². The molecule has 0 saturated carbocycles. The van der Waals surface area contributed by atoms with Gasteiger partial charge in [-0.15, -0.1) is 0 Å². The quantitative estimate of drug-likeness (QED) is 0.906. The molecule has 0 amide bonds. The van der Waals surface area contributed by atoms with Crippen LogP contribution in [0.2, 0.25) is 0 Å². The number of rotatable bonds is 5. The summed E-state index contributed by atoms with van der Waals surface area (Å²) in [5.74, 6) is 1.56. The van der Waals surface area contributed by atoms with Crippen LogP contribution in [-0.4, -0.2) is 29.5 Å². The Morgan fingerprint density at radius 1 is 1.25 bits per heavy atom. The van der Waals surface area contributed by atoms with Gasteiger partial charge in [0.2, 0.25) is 5.82 Å². The van der Waals surface area contributed by atoms with Crippen molar-refractivity contribution in [3.05, 3.63) is 24.0 Å². The fourth-order valence-electron chi connectivity index (χ4n) is 1.95. The lowest BCUT2D eigenvalue weighted by Crippen LogP contribution is -2.10. The lowest BCUT2D eigenvalue weighted by atomic mass is 10.1. The molecule has 6 heteroatoms. The molecule has 2 aromatic rings. The third-order valence-corrected chi connectivity index (χ3v) is 2.99. The first-order chi connectivity index (χ1) is 9.56. The lowest BCUT2D eigenvalue weighted by Gasteiger charge is -2.14. The molecule has 20 heavy (non-hydrogen) atoms. The van der Waals surface area contributed by atoms with Crippen LogP contribution >= 0.6 is 0 Å². The highest BCUT2D eigenvalue weighted by molar-refractivity contribution is 5.64. The van der Waals surface area contributed by atoms with Crippen LogP contribution in [0.25, 0.3) is 11.5 Å². The van der Waals surface area contributed by atoms with E-state index in [0.717, 1.165) is 0 Å². The van der Waals surface area contributed by atoms with Gasteiger partial charge in [-0.05, 0) is 24.1 Å². The molecular formula is C14H18N2O4. The molecule has 1 aromatic heterocycles. The van der Waals surface area contributed by atoms with E-state index >= 15 is 0 Å². The highest BCUT2D eigenvalue weighted by Crippen LogP contribution is 2.33. The maximum atomic E-state index is 9.88. The van der Waals surface area contributed by atoms with E-state index < -0.39 is 0 Å². The van der Waals surface area contributed by atoms with Crippen molar-refractivity contribution >= 4 is 0 Å². The number of phenolic OH excluding ortho intramolecular Hbond substituents is 1. The Labute approximate surface area is 117 Å². The molecule has 0 bridgehead atoms. The fourth-order valence-corrected chi connectivity index (χ4v) is 1.95. The Hall–Kier alpha value is -2.08. The minimum atomic E-state index is -0.250. The van der Waals surface area contributed by atoms with Crippen LogP contribution in [0.5, 0.6) is 11.5 Å². The third-order valence-electron chi connectivity index (χ3n) is 2.99. The first-order valence-corrected chi connectivity index (χ1v) is 6.30. The number of hydrogen-bond acceptors (Lipinski definition) is 6. The summed E-state index contributed by atoms with van der Waals surface area (Å²) in [6.07, 6.45) is -0.250. The molecule has 1 atom stereocenters. The van der Waals surface area contributed by atoms with Gasteiger partial charge in [-0.2, -0.15) is 4.98 Å². The summed E-state index contributed by atoms with van der Waals surface area (Å²) in [6, 6.07) is 4.82. The van der Waals surface area contributed by atoms with E-state index in [1.54, 1.807) is 26.4 Å². The number of methoxy groups -OCH3 is 2. The summed E-state index contributed by atoms with van der Waals surface area (Å²) in [5, 5.41) is 13.8. The summed E-state index contributed by atoms with van der Waals surface area (Å²) in [5.41, 5.74) is 0.432. The van der Waals surface area contributed by atoms with Gasteiger partial charge in [0, 0.05) is 7.11 Å². The summed E-state index contributed by atoms with van der Waals surface area (Å²) >= 11 is 0. The molecule has 0 aliphatic rings. The molecule has 0 saturated heterocycles. The van der Waals surface area contributed by atoms with Crippen LogP contribution in [0.4, 0.5) is 0 Å². The zero-order valence-electron chi connectivity index (χ0n) is 12.0. The Balaban J connectivity index is 2.37. The molecule has 6 nitrogen and oxygen atoms in total. The molecule has 1 N–H and O–H groups in total. The highest BCUT2D eigenvalue weighted by Gasteiger charge is 2.23. The molecule has 1 heterocycles. The topological polar surface area (TPSA) is 77.6 Å². The number of aromatic nitrogens is 2. The molecule has 108 valence electrons. The standard InChI is InChI=1S/C14H18N2O4/c1-8(2)12(19-4)13-15-14(20-16-13)10-7-9(18-3)5-6-11(10)17/h5-8,12,17H,1-4H3. The van der Waals surface area contributed by atoms with Gasteiger partial charge in [0.25, 0.3) is 5.89 Å². The molecule has 1 aromatic carbocycles. The SMILES string of the molecule is COc1ccc(O)c(-c2nc(C(OC)C(C)C)no2)c1. The van der Waals surface area contributed by atoms with Crippen LogP contribution in [-0.2, 0) is 4.74 Å². The van der Waals surface area contributed by atoms with E-state index in [1.165, 1.54) is 6.07 Å². The smallest absolute Gasteiger partial charge is 0.261 e. The Morgan fingerprint density at radius 3 is 2.60 bits per heavy atom. The average molecular weight is 278 g/mol. The number of benzene rings is 1. The van der Waals surface area contributed by atoms with Gasteiger partial charge in [-0.25, -0.2) is 0 Å². The van der Waals surface area contributed by atoms with E-state index in [9.17, 15) is 5.11 Å². The second-order valence-electron chi connectivity index (χ2n) is 4.74. The number of nitrogens with zero attached hydrogens (tertiary/aromatic N) is 2. The van der Waals surface area contributed by atoms with E-state index in [0.29, 0.717) is 17.1 Å². The summed E-state index contributed by atoms with van der Waals surface area (Å²) in [4.78, 5) is 4.29. The molecule has 0 aliphatic carbocycles. The van der Waals surface area contributed by atoms with Gasteiger partial charge < -0.3 is 19.1 Å². The zero-order valence-corrected chi connectivity index (χ0v) is 12.0. The van der Waals surface area contributed by atoms with Crippen LogP contribution < -0.4 is 4.74 Å². The molecule has 0 spiro atoms. The Kier molecular flexibility index (Phi) is 4.24. The molecule has 0 aliphatic heterocycles. The van der Waals surface area contributed by atoms with Crippen LogP contribution in [0.15, 0.2) is 22.7 Å².